The number of piperazine rings is 1. The topological polar surface area (TPSA) is 78.4 Å². The lowest BCUT2D eigenvalue weighted by Gasteiger charge is -2.37. The molecule has 0 saturated carbocycles. The molecule has 3 heterocycles. The van der Waals surface area contributed by atoms with E-state index in [-0.39, 0.29) is 17.7 Å². The van der Waals surface area contributed by atoms with Gasteiger partial charge in [-0.1, -0.05) is 0 Å². The van der Waals surface area contributed by atoms with Crippen LogP contribution in [0.25, 0.3) is 0 Å². The van der Waals surface area contributed by atoms with Crippen molar-refractivity contribution in [1.82, 2.24) is 20.4 Å². The Hall–Kier alpha value is -2.18. The van der Waals surface area contributed by atoms with E-state index in [1.165, 1.54) is 0 Å². The molecule has 0 radical (unpaired) electrons. The maximum atomic E-state index is 12.5. The first-order valence-corrected chi connectivity index (χ1v) is 7.74. The number of nitrogens with one attached hydrogen (secondary N) is 1. The van der Waals surface area contributed by atoms with Gasteiger partial charge >= 0.3 is 0 Å². The number of nitrogens with zero attached hydrogens (tertiary/aromatic N) is 4. The third-order valence-electron chi connectivity index (χ3n) is 4.31. The Balaban J connectivity index is 1.54. The van der Waals surface area contributed by atoms with Crippen LogP contribution in [0.3, 0.4) is 0 Å². The van der Waals surface area contributed by atoms with Crippen LogP contribution in [-0.2, 0) is 9.59 Å². The van der Waals surface area contributed by atoms with E-state index in [0.717, 1.165) is 24.6 Å². The van der Waals surface area contributed by atoms with Crippen LogP contribution in [0.15, 0.2) is 12.1 Å². The predicted molar refractivity (Wildman–Crippen MR) is 81.3 cm³/mol. The van der Waals surface area contributed by atoms with E-state index >= 15 is 0 Å². The van der Waals surface area contributed by atoms with Gasteiger partial charge in [-0.3, -0.25) is 9.59 Å². The summed E-state index contributed by atoms with van der Waals surface area (Å²) < 4.78 is 0. The molecular formula is C15H21N5O2. The second-order valence-corrected chi connectivity index (χ2v) is 5.88. The second kappa shape index (κ2) is 6.29. The SMILES string of the molecule is Cc1ccc(N2CCN(C(=O)C3CCC(=O)NC3)CC2)nn1. The van der Waals surface area contributed by atoms with Gasteiger partial charge in [0.15, 0.2) is 5.82 Å². The number of aryl methyl sites for hydroxylation is 1. The van der Waals surface area contributed by atoms with Gasteiger partial charge in [-0.15, -0.1) is 5.10 Å². The van der Waals surface area contributed by atoms with Crippen molar-refractivity contribution in [3.05, 3.63) is 17.8 Å². The quantitative estimate of drug-likeness (QED) is 0.829. The molecule has 0 aliphatic carbocycles. The van der Waals surface area contributed by atoms with Crippen LogP contribution >= 0.6 is 0 Å². The maximum Gasteiger partial charge on any atom is 0.227 e. The zero-order chi connectivity index (χ0) is 15.5. The molecule has 2 aliphatic rings. The molecule has 1 unspecified atom stereocenters. The third-order valence-corrected chi connectivity index (χ3v) is 4.31. The second-order valence-electron chi connectivity index (χ2n) is 5.88. The number of carbonyl (C=O) groups is 2. The van der Waals surface area contributed by atoms with Gasteiger partial charge in [0.1, 0.15) is 0 Å². The molecule has 7 nitrogen and oxygen atoms in total. The molecule has 2 aliphatic heterocycles. The summed E-state index contributed by atoms with van der Waals surface area (Å²) in [5.74, 6) is 1.01. The van der Waals surface area contributed by atoms with Gasteiger partial charge in [0.05, 0.1) is 11.6 Å². The van der Waals surface area contributed by atoms with E-state index in [1.807, 2.05) is 24.0 Å². The molecule has 0 spiro atoms. The van der Waals surface area contributed by atoms with Crippen molar-refractivity contribution in [2.75, 3.05) is 37.6 Å². The van der Waals surface area contributed by atoms with Crippen molar-refractivity contribution in [3.8, 4) is 0 Å². The zero-order valence-corrected chi connectivity index (χ0v) is 12.8. The van der Waals surface area contributed by atoms with Gasteiger partial charge in [-0.2, -0.15) is 5.10 Å². The Kier molecular flexibility index (Phi) is 4.22. The van der Waals surface area contributed by atoms with E-state index in [2.05, 4.69) is 20.4 Å². The Bertz CT molecular complexity index is 542. The van der Waals surface area contributed by atoms with Crippen LogP contribution in [0, 0.1) is 12.8 Å². The molecule has 118 valence electrons. The van der Waals surface area contributed by atoms with E-state index < -0.39 is 0 Å². The highest BCUT2D eigenvalue weighted by atomic mass is 16.2. The van der Waals surface area contributed by atoms with Gasteiger partial charge in [-0.25, -0.2) is 0 Å². The minimum Gasteiger partial charge on any atom is -0.355 e. The lowest BCUT2D eigenvalue weighted by Crippen LogP contribution is -2.52. The fourth-order valence-corrected chi connectivity index (χ4v) is 2.92. The normalized spacial score (nSPS) is 22.4. The standard InChI is InChI=1S/C15H21N5O2/c1-11-2-4-13(18-17-11)19-6-8-20(9-7-19)15(22)12-3-5-14(21)16-10-12/h2,4,12H,3,5-10H2,1H3,(H,16,21). The van der Waals surface area contributed by atoms with Crippen molar-refractivity contribution >= 4 is 17.6 Å². The van der Waals surface area contributed by atoms with Gasteiger partial charge < -0.3 is 15.1 Å². The molecule has 1 atom stereocenters. The molecule has 0 bridgehead atoms. The van der Waals surface area contributed by atoms with Crippen molar-refractivity contribution in [2.45, 2.75) is 19.8 Å². The Labute approximate surface area is 129 Å². The molecule has 1 aromatic heterocycles. The first-order valence-electron chi connectivity index (χ1n) is 7.74. The molecule has 22 heavy (non-hydrogen) atoms. The van der Waals surface area contributed by atoms with E-state index in [9.17, 15) is 9.59 Å². The van der Waals surface area contributed by atoms with Crippen LogP contribution in [0.5, 0.6) is 0 Å². The highest BCUT2D eigenvalue weighted by Crippen LogP contribution is 2.17. The summed E-state index contributed by atoms with van der Waals surface area (Å²) in [4.78, 5) is 27.7. The molecule has 2 amide bonds. The summed E-state index contributed by atoms with van der Waals surface area (Å²) >= 11 is 0. The third kappa shape index (κ3) is 3.18. The smallest absolute Gasteiger partial charge is 0.227 e. The molecular weight excluding hydrogens is 282 g/mol. The average molecular weight is 303 g/mol. The molecule has 7 heteroatoms. The molecule has 2 fully saturated rings. The number of anilines is 1. The fourth-order valence-electron chi connectivity index (χ4n) is 2.92. The van der Waals surface area contributed by atoms with E-state index in [4.69, 9.17) is 0 Å². The monoisotopic (exact) mass is 303 g/mol. The minimum absolute atomic E-state index is 0.0480. The summed E-state index contributed by atoms with van der Waals surface area (Å²) in [6, 6.07) is 3.92. The number of amides is 2. The highest BCUT2D eigenvalue weighted by molar-refractivity contribution is 5.84. The van der Waals surface area contributed by atoms with Crippen LogP contribution < -0.4 is 10.2 Å². The van der Waals surface area contributed by atoms with E-state index in [0.29, 0.717) is 32.5 Å². The van der Waals surface area contributed by atoms with Crippen LogP contribution in [0.2, 0.25) is 0 Å². The number of hydrogen-bond donors (Lipinski definition) is 1. The van der Waals surface area contributed by atoms with Crippen molar-refractivity contribution in [2.24, 2.45) is 5.92 Å². The molecule has 1 aromatic rings. The maximum absolute atomic E-state index is 12.5. The van der Waals surface area contributed by atoms with Gasteiger partial charge in [0, 0.05) is 39.1 Å². The molecule has 1 N–H and O–H groups in total. The van der Waals surface area contributed by atoms with E-state index in [1.54, 1.807) is 0 Å². The fraction of sp³-hybridized carbons (Fsp3) is 0.600. The zero-order valence-electron chi connectivity index (χ0n) is 12.8. The average Bonchev–Trinajstić information content (AvgIpc) is 2.56. The number of hydrogen-bond acceptors (Lipinski definition) is 5. The number of piperidine rings is 1. The summed E-state index contributed by atoms with van der Waals surface area (Å²) in [6.07, 6.45) is 1.11. The first kappa shape index (κ1) is 14.7. The summed E-state index contributed by atoms with van der Waals surface area (Å²) in [5, 5.41) is 11.0. The summed E-state index contributed by atoms with van der Waals surface area (Å²) in [5.41, 5.74) is 0.900. The summed E-state index contributed by atoms with van der Waals surface area (Å²) in [7, 11) is 0. The van der Waals surface area contributed by atoms with Gasteiger partial charge in [0.25, 0.3) is 0 Å². The van der Waals surface area contributed by atoms with Crippen molar-refractivity contribution in [3.63, 3.8) is 0 Å². The van der Waals surface area contributed by atoms with Crippen LogP contribution in [-0.4, -0.2) is 59.6 Å². The first-order chi connectivity index (χ1) is 10.6. The van der Waals surface area contributed by atoms with Crippen molar-refractivity contribution < 1.29 is 9.59 Å². The minimum atomic E-state index is -0.0663. The number of carbonyl (C=O) groups excluding carboxylic acids is 2. The number of aromatic nitrogens is 2. The molecule has 0 aromatic carbocycles. The summed E-state index contributed by atoms with van der Waals surface area (Å²) in [6.45, 7) is 5.31. The van der Waals surface area contributed by atoms with Crippen LogP contribution in [0.4, 0.5) is 5.82 Å². The van der Waals surface area contributed by atoms with Gasteiger partial charge in [-0.05, 0) is 25.5 Å². The number of rotatable bonds is 2. The Morgan fingerprint density at radius 2 is 2.00 bits per heavy atom. The van der Waals surface area contributed by atoms with Crippen molar-refractivity contribution in [1.29, 1.82) is 0 Å². The Morgan fingerprint density at radius 3 is 2.59 bits per heavy atom. The van der Waals surface area contributed by atoms with Crippen LogP contribution in [0.1, 0.15) is 18.5 Å². The lowest BCUT2D eigenvalue weighted by atomic mass is 9.97. The highest BCUT2D eigenvalue weighted by Gasteiger charge is 2.30. The molecule has 3 rings (SSSR count). The van der Waals surface area contributed by atoms with Gasteiger partial charge in [0.2, 0.25) is 11.8 Å². The predicted octanol–water partition coefficient (Wildman–Crippen LogP) is -0.0402. The molecule has 2 saturated heterocycles. The Morgan fingerprint density at radius 1 is 1.23 bits per heavy atom. The lowest BCUT2D eigenvalue weighted by molar-refractivity contribution is -0.137. The largest absolute Gasteiger partial charge is 0.355 e.